The molecule has 2 amide bonds. The largest absolute Gasteiger partial charge is 0.489 e. The minimum absolute atomic E-state index is 0.0757. The molecule has 0 aliphatic carbocycles. The van der Waals surface area contributed by atoms with Gasteiger partial charge in [-0.1, -0.05) is 61.0 Å². The Morgan fingerprint density at radius 1 is 0.950 bits per heavy atom. The molecule has 10 heteroatoms. The van der Waals surface area contributed by atoms with Gasteiger partial charge in [-0.25, -0.2) is 8.42 Å². The topological polar surface area (TPSA) is 96.0 Å². The van der Waals surface area contributed by atoms with Gasteiger partial charge in [0.05, 0.1) is 11.9 Å². The van der Waals surface area contributed by atoms with Crippen molar-refractivity contribution in [1.82, 2.24) is 10.2 Å². The molecule has 0 saturated carbocycles. The highest BCUT2D eigenvalue weighted by molar-refractivity contribution is 7.92. The lowest BCUT2D eigenvalue weighted by Crippen LogP contribution is -2.52. The van der Waals surface area contributed by atoms with Crippen LogP contribution in [0.5, 0.6) is 5.75 Å². The van der Waals surface area contributed by atoms with Crippen molar-refractivity contribution in [1.29, 1.82) is 0 Å². The maximum atomic E-state index is 13.7. The van der Waals surface area contributed by atoms with E-state index in [9.17, 15) is 18.0 Å². The van der Waals surface area contributed by atoms with Crippen LogP contribution in [0.15, 0.2) is 78.9 Å². The van der Waals surface area contributed by atoms with Gasteiger partial charge in [0.2, 0.25) is 21.8 Å². The number of benzene rings is 3. The lowest BCUT2D eigenvalue weighted by molar-refractivity contribution is -0.139. The molecule has 0 radical (unpaired) electrons. The van der Waals surface area contributed by atoms with E-state index in [4.69, 9.17) is 16.3 Å². The molecule has 0 aliphatic rings. The number of hydrogen-bond donors (Lipinski definition) is 1. The maximum absolute atomic E-state index is 13.7. The summed E-state index contributed by atoms with van der Waals surface area (Å²) < 4.78 is 32.4. The fourth-order valence-electron chi connectivity index (χ4n) is 3.94. The van der Waals surface area contributed by atoms with Crippen molar-refractivity contribution >= 4 is 39.1 Å². The molecule has 0 heterocycles. The van der Waals surface area contributed by atoms with Gasteiger partial charge in [-0.05, 0) is 67.8 Å². The molecule has 2 atom stereocenters. The first-order chi connectivity index (χ1) is 19.0. The van der Waals surface area contributed by atoms with Gasteiger partial charge in [-0.2, -0.15) is 0 Å². The summed E-state index contributed by atoms with van der Waals surface area (Å²) in [6.45, 7) is 5.43. The van der Waals surface area contributed by atoms with Crippen LogP contribution in [-0.2, 0) is 32.8 Å². The van der Waals surface area contributed by atoms with Crippen molar-refractivity contribution in [3.63, 3.8) is 0 Å². The van der Waals surface area contributed by atoms with Crippen LogP contribution in [0.1, 0.15) is 38.3 Å². The highest BCUT2D eigenvalue weighted by Crippen LogP contribution is 2.23. The molecule has 0 spiro atoms. The molecule has 3 aromatic carbocycles. The van der Waals surface area contributed by atoms with E-state index in [0.29, 0.717) is 23.1 Å². The molecule has 214 valence electrons. The zero-order valence-corrected chi connectivity index (χ0v) is 24.8. The van der Waals surface area contributed by atoms with E-state index < -0.39 is 28.5 Å². The van der Waals surface area contributed by atoms with Gasteiger partial charge in [-0.15, -0.1) is 0 Å². The smallest absolute Gasteiger partial charge is 0.244 e. The second-order valence-electron chi connectivity index (χ2n) is 9.68. The average Bonchev–Trinajstić information content (AvgIpc) is 2.93. The van der Waals surface area contributed by atoms with Crippen molar-refractivity contribution in [2.75, 3.05) is 17.1 Å². The Hall–Kier alpha value is -3.56. The number of sulfonamides is 1. The van der Waals surface area contributed by atoms with E-state index in [1.54, 1.807) is 55.5 Å². The average molecular weight is 586 g/mol. The third-order valence-electron chi connectivity index (χ3n) is 6.46. The number of halogens is 1. The van der Waals surface area contributed by atoms with Crippen molar-refractivity contribution in [2.45, 2.75) is 52.4 Å². The predicted molar refractivity (Wildman–Crippen MR) is 159 cm³/mol. The van der Waals surface area contributed by atoms with Crippen LogP contribution in [-0.4, -0.2) is 50.0 Å². The van der Waals surface area contributed by atoms with Gasteiger partial charge >= 0.3 is 0 Å². The summed E-state index contributed by atoms with van der Waals surface area (Å²) in [4.78, 5) is 28.0. The van der Waals surface area contributed by atoms with Crippen LogP contribution in [0.2, 0.25) is 5.02 Å². The Labute approximate surface area is 241 Å². The molecule has 1 N–H and O–H groups in total. The molecular weight excluding hydrogens is 550 g/mol. The molecule has 3 rings (SSSR count). The van der Waals surface area contributed by atoms with Crippen LogP contribution in [0, 0.1) is 0 Å². The minimum atomic E-state index is -3.84. The number of nitrogens with one attached hydrogen (secondary N) is 1. The molecule has 0 bridgehead atoms. The summed E-state index contributed by atoms with van der Waals surface area (Å²) in [6.07, 6.45) is 1.77. The van der Waals surface area contributed by atoms with Crippen molar-refractivity contribution in [2.24, 2.45) is 0 Å². The third kappa shape index (κ3) is 8.99. The van der Waals surface area contributed by atoms with Gasteiger partial charge in [-0.3, -0.25) is 13.9 Å². The van der Waals surface area contributed by atoms with Crippen LogP contribution in [0.4, 0.5) is 5.69 Å². The lowest BCUT2D eigenvalue weighted by Gasteiger charge is -2.32. The number of amides is 2. The van der Waals surface area contributed by atoms with Crippen molar-refractivity contribution in [3.8, 4) is 5.75 Å². The Kier molecular flexibility index (Phi) is 11.0. The van der Waals surface area contributed by atoms with Crippen LogP contribution >= 0.6 is 11.6 Å². The zero-order valence-electron chi connectivity index (χ0n) is 23.2. The first kappa shape index (κ1) is 31.0. The molecule has 3 aromatic rings. The highest BCUT2D eigenvalue weighted by Gasteiger charge is 2.30. The van der Waals surface area contributed by atoms with Gasteiger partial charge in [0.1, 0.15) is 24.9 Å². The summed E-state index contributed by atoms with van der Waals surface area (Å²) in [5.41, 5.74) is 2.03. The monoisotopic (exact) mass is 585 g/mol. The van der Waals surface area contributed by atoms with E-state index in [0.717, 1.165) is 28.1 Å². The lowest BCUT2D eigenvalue weighted by atomic mass is 10.1. The molecule has 0 aliphatic heterocycles. The second kappa shape index (κ2) is 14.2. The Balaban J connectivity index is 1.82. The first-order valence-electron chi connectivity index (χ1n) is 13.1. The molecule has 0 fully saturated rings. The molecular formula is C30H36ClN3O5S. The number of hydrogen-bond acceptors (Lipinski definition) is 5. The SMILES string of the molecule is CC[C@@H](C)NC(=O)[C@H](C)N(Cc1cccc(Cl)c1)C(=O)CN(c1ccc(OCc2ccccc2)cc1)S(C)(=O)=O. The van der Waals surface area contributed by atoms with E-state index in [1.807, 2.05) is 44.2 Å². The normalized spacial score (nSPS) is 12.7. The quantitative estimate of drug-likeness (QED) is 0.304. The van der Waals surface area contributed by atoms with E-state index >= 15 is 0 Å². The van der Waals surface area contributed by atoms with Crippen LogP contribution in [0.3, 0.4) is 0 Å². The second-order valence-corrected chi connectivity index (χ2v) is 12.0. The van der Waals surface area contributed by atoms with E-state index in [2.05, 4.69) is 5.32 Å². The van der Waals surface area contributed by atoms with E-state index in [-0.39, 0.29) is 18.5 Å². The number of nitrogens with zero attached hydrogens (tertiary/aromatic N) is 2. The predicted octanol–water partition coefficient (Wildman–Crippen LogP) is 5.02. The van der Waals surface area contributed by atoms with Crippen LogP contribution in [0.25, 0.3) is 0 Å². The molecule has 0 aromatic heterocycles. The number of rotatable bonds is 13. The van der Waals surface area contributed by atoms with Crippen LogP contribution < -0.4 is 14.4 Å². The van der Waals surface area contributed by atoms with Crippen molar-refractivity contribution < 1.29 is 22.7 Å². The Morgan fingerprint density at radius 2 is 1.60 bits per heavy atom. The van der Waals surface area contributed by atoms with Gasteiger partial charge in [0.15, 0.2) is 0 Å². The van der Waals surface area contributed by atoms with Crippen molar-refractivity contribution in [3.05, 3.63) is 95.0 Å². The summed E-state index contributed by atoms with van der Waals surface area (Å²) in [5.74, 6) is -0.289. The first-order valence-corrected chi connectivity index (χ1v) is 15.3. The molecule has 0 saturated heterocycles. The Morgan fingerprint density at radius 3 is 2.20 bits per heavy atom. The number of carbonyl (C=O) groups excluding carboxylic acids is 2. The number of anilines is 1. The fourth-order valence-corrected chi connectivity index (χ4v) is 5.01. The molecule has 8 nitrogen and oxygen atoms in total. The maximum Gasteiger partial charge on any atom is 0.244 e. The summed E-state index contributed by atoms with van der Waals surface area (Å²) in [5, 5.41) is 3.40. The van der Waals surface area contributed by atoms with Gasteiger partial charge in [0.25, 0.3) is 0 Å². The Bertz CT molecular complexity index is 1380. The minimum Gasteiger partial charge on any atom is -0.489 e. The highest BCUT2D eigenvalue weighted by atomic mass is 35.5. The van der Waals surface area contributed by atoms with Gasteiger partial charge < -0.3 is 15.0 Å². The standard InChI is InChI=1S/C30H36ClN3O5S/c1-5-22(2)32-30(36)23(3)33(19-25-12-9-13-26(31)18-25)29(35)20-34(40(4,37)38)27-14-16-28(17-15-27)39-21-24-10-7-6-8-11-24/h6-18,22-23H,5,19-21H2,1-4H3,(H,32,36)/t22-,23+/m1/s1. The third-order valence-corrected chi connectivity index (χ3v) is 7.84. The number of ether oxygens (including phenoxy) is 1. The number of carbonyl (C=O) groups is 2. The summed E-state index contributed by atoms with van der Waals surface area (Å²) >= 11 is 6.15. The zero-order chi connectivity index (χ0) is 29.3. The van der Waals surface area contributed by atoms with E-state index in [1.165, 1.54) is 4.90 Å². The molecule has 0 unspecified atom stereocenters. The summed E-state index contributed by atoms with van der Waals surface area (Å²) in [7, 11) is -3.84. The molecule has 40 heavy (non-hydrogen) atoms. The fraction of sp³-hybridized carbons (Fsp3) is 0.333. The summed E-state index contributed by atoms with van der Waals surface area (Å²) in [6, 6.07) is 22.2. The van der Waals surface area contributed by atoms with Gasteiger partial charge in [0, 0.05) is 17.6 Å².